The minimum atomic E-state index is 0.0177. The van der Waals surface area contributed by atoms with Gasteiger partial charge in [-0.3, -0.25) is 4.79 Å². The first kappa shape index (κ1) is 14.2. The van der Waals surface area contributed by atoms with Crippen LogP contribution in [0.5, 0.6) is 0 Å². The number of hydrogen-bond acceptors (Lipinski definition) is 2. The van der Waals surface area contributed by atoms with Crippen LogP contribution in [-0.4, -0.2) is 12.5 Å². The molecule has 0 bridgehead atoms. The van der Waals surface area contributed by atoms with E-state index < -0.39 is 0 Å². The number of halogens is 1. The van der Waals surface area contributed by atoms with Crippen LogP contribution in [0.3, 0.4) is 0 Å². The molecule has 0 fully saturated rings. The molecule has 4 heteroatoms. The summed E-state index contributed by atoms with van der Waals surface area (Å²) in [4.78, 5) is 11.7. The number of hydrogen-bond donors (Lipinski definition) is 2. The number of anilines is 1. The van der Waals surface area contributed by atoms with Gasteiger partial charge in [0, 0.05) is 16.6 Å². The standard InChI is InChI=1S/C13H19BrN2O/c1-8(7-15)4-12(17)16-11-5-9(2)13(14)10(3)6-11/h5-6,8H,4,7,15H2,1-3H3,(H,16,17). The van der Waals surface area contributed by atoms with Crippen molar-refractivity contribution in [1.82, 2.24) is 0 Å². The van der Waals surface area contributed by atoms with Gasteiger partial charge in [-0.2, -0.15) is 0 Å². The highest BCUT2D eigenvalue weighted by atomic mass is 79.9. The fraction of sp³-hybridized carbons (Fsp3) is 0.462. The molecule has 0 spiro atoms. The largest absolute Gasteiger partial charge is 0.330 e. The number of carbonyl (C=O) groups excluding carboxylic acids is 1. The molecule has 1 aromatic rings. The van der Waals surface area contributed by atoms with Crippen molar-refractivity contribution in [2.24, 2.45) is 11.7 Å². The maximum atomic E-state index is 11.7. The maximum Gasteiger partial charge on any atom is 0.224 e. The lowest BCUT2D eigenvalue weighted by Crippen LogP contribution is -2.20. The molecule has 0 heterocycles. The summed E-state index contributed by atoms with van der Waals surface area (Å²) >= 11 is 3.50. The molecule has 0 radical (unpaired) electrons. The van der Waals surface area contributed by atoms with Gasteiger partial charge in [0.2, 0.25) is 5.91 Å². The summed E-state index contributed by atoms with van der Waals surface area (Å²) in [6.45, 7) is 6.52. The summed E-state index contributed by atoms with van der Waals surface area (Å²) < 4.78 is 1.09. The van der Waals surface area contributed by atoms with E-state index >= 15 is 0 Å². The van der Waals surface area contributed by atoms with E-state index in [0.29, 0.717) is 13.0 Å². The van der Waals surface area contributed by atoms with Crippen molar-refractivity contribution in [2.75, 3.05) is 11.9 Å². The predicted octanol–water partition coefficient (Wildman–Crippen LogP) is 2.99. The minimum Gasteiger partial charge on any atom is -0.330 e. The Hall–Kier alpha value is -0.870. The van der Waals surface area contributed by atoms with Gasteiger partial charge in [0.05, 0.1) is 0 Å². The molecule has 0 saturated heterocycles. The molecule has 1 atom stereocenters. The van der Waals surface area contributed by atoms with Crippen LogP contribution in [0.15, 0.2) is 16.6 Å². The van der Waals surface area contributed by atoms with Crippen molar-refractivity contribution >= 4 is 27.5 Å². The van der Waals surface area contributed by atoms with E-state index in [2.05, 4.69) is 21.2 Å². The molecule has 0 aliphatic heterocycles. The third-order valence-electron chi connectivity index (χ3n) is 2.66. The zero-order valence-electron chi connectivity index (χ0n) is 10.5. The van der Waals surface area contributed by atoms with Gasteiger partial charge >= 0.3 is 0 Å². The molecular formula is C13H19BrN2O. The zero-order valence-corrected chi connectivity index (χ0v) is 12.1. The summed E-state index contributed by atoms with van der Waals surface area (Å²) in [7, 11) is 0. The fourth-order valence-corrected chi connectivity index (χ4v) is 1.86. The number of nitrogens with one attached hydrogen (secondary N) is 1. The molecule has 3 nitrogen and oxygen atoms in total. The van der Waals surface area contributed by atoms with Crippen LogP contribution in [0, 0.1) is 19.8 Å². The summed E-state index contributed by atoms with van der Waals surface area (Å²) in [5, 5.41) is 2.90. The maximum absolute atomic E-state index is 11.7. The van der Waals surface area contributed by atoms with E-state index in [1.165, 1.54) is 0 Å². The molecule has 17 heavy (non-hydrogen) atoms. The van der Waals surface area contributed by atoms with Crippen molar-refractivity contribution in [3.05, 3.63) is 27.7 Å². The SMILES string of the molecule is Cc1cc(NC(=O)CC(C)CN)cc(C)c1Br. The third-order valence-corrected chi connectivity index (χ3v) is 3.91. The Kier molecular flexibility index (Phi) is 5.15. The molecule has 1 rings (SSSR count). The highest BCUT2D eigenvalue weighted by molar-refractivity contribution is 9.10. The summed E-state index contributed by atoms with van der Waals surface area (Å²) in [5.41, 5.74) is 8.58. The third kappa shape index (κ3) is 4.13. The van der Waals surface area contributed by atoms with Crippen LogP contribution in [-0.2, 0) is 4.79 Å². The van der Waals surface area contributed by atoms with E-state index in [9.17, 15) is 4.79 Å². The summed E-state index contributed by atoms with van der Waals surface area (Å²) in [6, 6.07) is 3.92. The first-order valence-electron chi connectivity index (χ1n) is 5.70. The number of aryl methyl sites for hydroxylation is 2. The number of benzene rings is 1. The first-order valence-corrected chi connectivity index (χ1v) is 6.50. The summed E-state index contributed by atoms with van der Waals surface area (Å²) in [6.07, 6.45) is 0.463. The van der Waals surface area contributed by atoms with E-state index in [0.717, 1.165) is 21.3 Å². The fourth-order valence-electron chi connectivity index (χ4n) is 1.63. The second-order valence-electron chi connectivity index (χ2n) is 4.52. The Bertz CT molecular complexity index is 395. The van der Waals surface area contributed by atoms with E-state index in [-0.39, 0.29) is 11.8 Å². The average Bonchev–Trinajstić information content (AvgIpc) is 2.25. The van der Waals surface area contributed by atoms with Crippen LogP contribution in [0.4, 0.5) is 5.69 Å². The van der Waals surface area contributed by atoms with Crippen molar-refractivity contribution in [1.29, 1.82) is 0 Å². The van der Waals surface area contributed by atoms with Crippen LogP contribution < -0.4 is 11.1 Å². The lowest BCUT2D eigenvalue weighted by molar-refractivity contribution is -0.116. The van der Waals surface area contributed by atoms with Crippen LogP contribution >= 0.6 is 15.9 Å². The second kappa shape index (κ2) is 6.17. The zero-order chi connectivity index (χ0) is 13.0. The predicted molar refractivity (Wildman–Crippen MR) is 75.1 cm³/mol. The molecule has 0 aliphatic carbocycles. The van der Waals surface area contributed by atoms with Gasteiger partial charge in [-0.05, 0) is 49.6 Å². The Morgan fingerprint density at radius 3 is 2.41 bits per heavy atom. The van der Waals surface area contributed by atoms with Gasteiger partial charge in [-0.15, -0.1) is 0 Å². The van der Waals surface area contributed by atoms with E-state index in [1.54, 1.807) is 0 Å². The smallest absolute Gasteiger partial charge is 0.224 e. The molecule has 1 aromatic carbocycles. The number of amides is 1. The lowest BCUT2D eigenvalue weighted by atomic mass is 10.1. The molecule has 0 aromatic heterocycles. The van der Waals surface area contributed by atoms with Crippen molar-refractivity contribution in [2.45, 2.75) is 27.2 Å². The van der Waals surface area contributed by atoms with Gasteiger partial charge in [0.1, 0.15) is 0 Å². The number of rotatable bonds is 4. The van der Waals surface area contributed by atoms with Crippen LogP contribution in [0.2, 0.25) is 0 Å². The quantitative estimate of drug-likeness (QED) is 0.898. The first-order chi connectivity index (χ1) is 7.93. The summed E-state index contributed by atoms with van der Waals surface area (Å²) in [5.74, 6) is 0.233. The highest BCUT2D eigenvalue weighted by Gasteiger charge is 2.09. The molecule has 94 valence electrons. The Labute approximate surface area is 111 Å². The van der Waals surface area contributed by atoms with E-state index in [1.807, 2.05) is 32.9 Å². The Morgan fingerprint density at radius 2 is 1.94 bits per heavy atom. The van der Waals surface area contributed by atoms with Gasteiger partial charge in [0.25, 0.3) is 0 Å². The van der Waals surface area contributed by atoms with Gasteiger partial charge in [0.15, 0.2) is 0 Å². The minimum absolute atomic E-state index is 0.0177. The van der Waals surface area contributed by atoms with Crippen molar-refractivity contribution in [3.63, 3.8) is 0 Å². The van der Waals surface area contributed by atoms with Crippen molar-refractivity contribution in [3.8, 4) is 0 Å². The second-order valence-corrected chi connectivity index (χ2v) is 5.31. The normalized spacial score (nSPS) is 12.3. The van der Waals surface area contributed by atoms with E-state index in [4.69, 9.17) is 5.73 Å². The molecule has 0 saturated carbocycles. The molecule has 1 amide bonds. The van der Waals surface area contributed by atoms with Gasteiger partial charge < -0.3 is 11.1 Å². The topological polar surface area (TPSA) is 55.1 Å². The molecule has 1 unspecified atom stereocenters. The highest BCUT2D eigenvalue weighted by Crippen LogP contribution is 2.25. The number of nitrogens with two attached hydrogens (primary N) is 1. The molecular weight excluding hydrogens is 280 g/mol. The Morgan fingerprint density at radius 1 is 1.41 bits per heavy atom. The Balaban J connectivity index is 2.72. The van der Waals surface area contributed by atoms with Crippen LogP contribution in [0.25, 0.3) is 0 Å². The lowest BCUT2D eigenvalue weighted by Gasteiger charge is -2.11. The molecule has 3 N–H and O–H groups in total. The monoisotopic (exact) mass is 298 g/mol. The number of carbonyl (C=O) groups is 1. The van der Waals surface area contributed by atoms with Crippen molar-refractivity contribution < 1.29 is 4.79 Å². The molecule has 0 aliphatic rings. The van der Waals surface area contributed by atoms with Gasteiger partial charge in [-0.25, -0.2) is 0 Å². The van der Waals surface area contributed by atoms with Crippen LogP contribution in [0.1, 0.15) is 24.5 Å². The average molecular weight is 299 g/mol. The van der Waals surface area contributed by atoms with Gasteiger partial charge in [-0.1, -0.05) is 22.9 Å².